The van der Waals surface area contributed by atoms with Crippen LogP contribution >= 0.6 is 0 Å². The van der Waals surface area contributed by atoms with Gasteiger partial charge in [-0.1, -0.05) is 6.07 Å². The molecule has 0 amide bonds. The molecule has 3 atom stereocenters. The van der Waals surface area contributed by atoms with Gasteiger partial charge in [-0.3, -0.25) is 0 Å². The lowest BCUT2D eigenvalue weighted by Crippen LogP contribution is -2.32. The van der Waals surface area contributed by atoms with Gasteiger partial charge in [0, 0.05) is 23.6 Å². The predicted molar refractivity (Wildman–Crippen MR) is 93.6 cm³/mol. The molecule has 2 aromatic rings. The van der Waals surface area contributed by atoms with Gasteiger partial charge in [-0.2, -0.15) is 0 Å². The van der Waals surface area contributed by atoms with E-state index in [0.29, 0.717) is 22.8 Å². The Balaban J connectivity index is 2.53. The maximum Gasteiger partial charge on any atom is 0.188 e. The number of ether oxygens (including phenoxy) is 5. The summed E-state index contributed by atoms with van der Waals surface area (Å²) in [5, 5.41) is 12.5. The minimum Gasteiger partial charge on any atom is -0.496 e. The van der Waals surface area contributed by atoms with Crippen LogP contribution in [0.4, 0.5) is 0 Å². The van der Waals surface area contributed by atoms with Crippen molar-refractivity contribution in [2.45, 2.75) is 32.3 Å². The van der Waals surface area contributed by atoms with Crippen LogP contribution < -0.4 is 14.2 Å². The van der Waals surface area contributed by atoms with E-state index in [2.05, 4.69) is 0 Å². The minimum absolute atomic E-state index is 0.331. The van der Waals surface area contributed by atoms with Crippen molar-refractivity contribution in [3.05, 3.63) is 28.8 Å². The van der Waals surface area contributed by atoms with Crippen molar-refractivity contribution >= 4 is 10.8 Å². The van der Waals surface area contributed by atoms with Gasteiger partial charge in [0.2, 0.25) is 0 Å². The molecule has 0 aromatic heterocycles. The highest BCUT2D eigenvalue weighted by atomic mass is 16.7. The summed E-state index contributed by atoms with van der Waals surface area (Å²) in [5.41, 5.74) is 2.40. The average molecular weight is 348 g/mol. The third kappa shape index (κ3) is 2.52. The second-order valence-electron chi connectivity index (χ2n) is 6.06. The minimum atomic E-state index is -1.00. The number of hydrogen-bond acceptors (Lipinski definition) is 6. The van der Waals surface area contributed by atoms with Crippen molar-refractivity contribution in [2.75, 3.05) is 28.4 Å². The van der Waals surface area contributed by atoms with Gasteiger partial charge in [0.25, 0.3) is 0 Å². The van der Waals surface area contributed by atoms with Crippen molar-refractivity contribution < 1.29 is 28.8 Å². The number of benzene rings is 2. The third-order valence-electron chi connectivity index (χ3n) is 4.77. The molecule has 0 saturated carbocycles. The summed E-state index contributed by atoms with van der Waals surface area (Å²) in [6, 6.07) is 3.85. The van der Waals surface area contributed by atoms with Crippen LogP contribution in [0.25, 0.3) is 10.8 Å². The molecular weight excluding hydrogens is 324 g/mol. The highest BCUT2D eigenvalue weighted by molar-refractivity contribution is 6.02. The number of aliphatic hydroxyl groups excluding tert-OH is 1. The third-order valence-corrected chi connectivity index (χ3v) is 4.77. The lowest BCUT2D eigenvalue weighted by Gasteiger charge is -2.36. The molecule has 3 rings (SSSR count). The summed E-state index contributed by atoms with van der Waals surface area (Å²) in [7, 11) is 6.30. The van der Waals surface area contributed by atoms with E-state index in [4.69, 9.17) is 23.7 Å². The topological polar surface area (TPSA) is 66.4 Å². The number of aryl methyl sites for hydroxylation is 1. The van der Waals surface area contributed by atoms with E-state index >= 15 is 0 Å². The summed E-state index contributed by atoms with van der Waals surface area (Å²) in [6.45, 7) is 3.90. The Bertz CT molecular complexity index is 801. The molecule has 25 heavy (non-hydrogen) atoms. The van der Waals surface area contributed by atoms with E-state index in [-0.39, 0.29) is 6.10 Å². The molecule has 1 aliphatic rings. The first-order valence-corrected chi connectivity index (χ1v) is 8.11. The predicted octanol–water partition coefficient (Wildman–Crippen LogP) is 3.27. The van der Waals surface area contributed by atoms with Gasteiger partial charge in [0.1, 0.15) is 23.4 Å². The van der Waals surface area contributed by atoms with E-state index in [1.54, 1.807) is 21.3 Å². The SMILES string of the molecule is COc1ccc(C)c2c(OC)c3c(c(OC)c12)[C@H](O)[C@H](OC)O[C@H]3C. The Kier molecular flexibility index (Phi) is 4.77. The molecule has 0 bridgehead atoms. The first-order chi connectivity index (χ1) is 12.0. The molecular formula is C19H24O6. The molecule has 1 heterocycles. The van der Waals surface area contributed by atoms with E-state index in [1.807, 2.05) is 26.0 Å². The zero-order valence-electron chi connectivity index (χ0n) is 15.4. The van der Waals surface area contributed by atoms with Gasteiger partial charge in [-0.25, -0.2) is 0 Å². The fourth-order valence-corrected chi connectivity index (χ4v) is 3.68. The lowest BCUT2D eigenvalue weighted by atomic mass is 9.87. The van der Waals surface area contributed by atoms with Gasteiger partial charge < -0.3 is 28.8 Å². The molecule has 0 saturated heterocycles. The smallest absolute Gasteiger partial charge is 0.188 e. The number of fused-ring (bicyclic) bond motifs is 2. The normalized spacial score (nSPS) is 22.6. The molecule has 0 unspecified atom stereocenters. The Hall–Kier alpha value is -2.02. The Morgan fingerprint density at radius 3 is 2.12 bits per heavy atom. The summed E-state index contributed by atoms with van der Waals surface area (Å²) >= 11 is 0. The molecule has 6 heteroatoms. The fourth-order valence-electron chi connectivity index (χ4n) is 3.68. The molecule has 136 valence electrons. The molecule has 1 N–H and O–H groups in total. The summed E-state index contributed by atoms with van der Waals surface area (Å²) in [5.74, 6) is 1.86. The molecule has 0 aliphatic carbocycles. The van der Waals surface area contributed by atoms with Gasteiger partial charge in [0.15, 0.2) is 6.29 Å². The maximum atomic E-state index is 10.8. The van der Waals surface area contributed by atoms with Crippen LogP contribution in [0, 0.1) is 6.92 Å². The molecule has 0 radical (unpaired) electrons. The monoisotopic (exact) mass is 348 g/mol. The second kappa shape index (κ2) is 6.71. The molecule has 0 spiro atoms. The number of methoxy groups -OCH3 is 4. The standard InChI is InChI=1S/C19H24O6/c1-9-7-8-11(21-3)14-12(9)17(22-4)13-10(2)25-19(24-6)16(20)15(13)18(14)23-5/h7-8,10,16,19-20H,1-6H3/t10-,16-,19+/m0/s1. The highest BCUT2D eigenvalue weighted by Gasteiger charge is 2.40. The van der Waals surface area contributed by atoms with Crippen molar-refractivity contribution in [3.8, 4) is 17.2 Å². The van der Waals surface area contributed by atoms with Gasteiger partial charge in [-0.15, -0.1) is 0 Å². The van der Waals surface area contributed by atoms with E-state index < -0.39 is 12.4 Å². The first-order valence-electron chi connectivity index (χ1n) is 8.11. The molecule has 6 nitrogen and oxygen atoms in total. The number of aliphatic hydroxyl groups is 1. The average Bonchev–Trinajstić information content (AvgIpc) is 2.62. The second-order valence-corrected chi connectivity index (χ2v) is 6.06. The van der Waals surface area contributed by atoms with Crippen LogP contribution in [0.3, 0.4) is 0 Å². The quantitative estimate of drug-likeness (QED) is 0.915. The van der Waals surface area contributed by atoms with Crippen molar-refractivity contribution in [1.29, 1.82) is 0 Å². The molecule has 2 aromatic carbocycles. The number of hydrogen-bond donors (Lipinski definition) is 1. The van der Waals surface area contributed by atoms with Crippen LogP contribution in [-0.2, 0) is 9.47 Å². The largest absolute Gasteiger partial charge is 0.496 e. The fraction of sp³-hybridized carbons (Fsp3) is 0.474. The summed E-state index contributed by atoms with van der Waals surface area (Å²) in [4.78, 5) is 0. The van der Waals surface area contributed by atoms with Crippen LogP contribution in [0.5, 0.6) is 17.2 Å². The van der Waals surface area contributed by atoms with Crippen LogP contribution in [0.15, 0.2) is 12.1 Å². The number of rotatable bonds is 4. The lowest BCUT2D eigenvalue weighted by molar-refractivity contribution is -0.215. The summed E-state index contributed by atoms with van der Waals surface area (Å²) < 4.78 is 28.1. The van der Waals surface area contributed by atoms with Crippen molar-refractivity contribution in [3.63, 3.8) is 0 Å². The zero-order chi connectivity index (χ0) is 18.3. The first kappa shape index (κ1) is 17.8. The van der Waals surface area contributed by atoms with E-state index in [9.17, 15) is 5.11 Å². The van der Waals surface area contributed by atoms with Crippen molar-refractivity contribution in [2.24, 2.45) is 0 Å². The molecule has 1 aliphatic heterocycles. The Morgan fingerprint density at radius 1 is 0.920 bits per heavy atom. The van der Waals surface area contributed by atoms with Crippen LogP contribution in [0.2, 0.25) is 0 Å². The van der Waals surface area contributed by atoms with E-state index in [1.165, 1.54) is 7.11 Å². The summed E-state index contributed by atoms with van der Waals surface area (Å²) in [6.07, 6.45) is -2.12. The Morgan fingerprint density at radius 2 is 1.56 bits per heavy atom. The van der Waals surface area contributed by atoms with Gasteiger partial charge >= 0.3 is 0 Å². The Labute approximate surface area is 147 Å². The zero-order valence-corrected chi connectivity index (χ0v) is 15.4. The van der Waals surface area contributed by atoms with Crippen molar-refractivity contribution in [1.82, 2.24) is 0 Å². The van der Waals surface area contributed by atoms with Crippen LogP contribution in [-0.4, -0.2) is 39.8 Å². The highest BCUT2D eigenvalue weighted by Crippen LogP contribution is 2.53. The molecule has 0 fully saturated rings. The van der Waals surface area contributed by atoms with Gasteiger partial charge in [0.05, 0.1) is 32.8 Å². The van der Waals surface area contributed by atoms with E-state index in [0.717, 1.165) is 21.9 Å². The van der Waals surface area contributed by atoms with Gasteiger partial charge in [-0.05, 0) is 25.5 Å². The maximum absolute atomic E-state index is 10.8. The van der Waals surface area contributed by atoms with Crippen LogP contribution in [0.1, 0.15) is 35.8 Å².